The van der Waals surface area contributed by atoms with Crippen molar-refractivity contribution in [3.8, 4) is 0 Å². The van der Waals surface area contributed by atoms with E-state index in [2.05, 4.69) is 31.2 Å². The first-order chi connectivity index (χ1) is 8.22. The molecule has 1 aromatic heterocycles. The summed E-state index contributed by atoms with van der Waals surface area (Å²) in [6.45, 7) is 0.421. The van der Waals surface area contributed by atoms with Crippen molar-refractivity contribution >= 4 is 27.4 Å². The molecule has 4 N–H and O–H groups in total. The highest BCUT2D eigenvalue weighted by molar-refractivity contribution is 9.10. The number of hydrogen-bond donors (Lipinski definition) is 3. The molecule has 0 aliphatic rings. The normalized spacial score (nSPS) is 10.2. The summed E-state index contributed by atoms with van der Waals surface area (Å²) in [5.41, 5.74) is 7.20. The van der Waals surface area contributed by atoms with Crippen LogP contribution >= 0.6 is 15.9 Å². The van der Waals surface area contributed by atoms with Crippen molar-refractivity contribution in [1.29, 1.82) is 0 Å². The zero-order valence-electron chi connectivity index (χ0n) is 8.90. The largest absolute Gasteiger partial charge is 0.339 e. The minimum atomic E-state index is -0.229. The van der Waals surface area contributed by atoms with Crippen LogP contribution in [-0.4, -0.2) is 9.97 Å². The Kier molecular flexibility index (Phi) is 3.55. The van der Waals surface area contributed by atoms with E-state index in [1.54, 1.807) is 0 Å². The first kappa shape index (κ1) is 11.8. The lowest BCUT2D eigenvalue weighted by Gasteiger charge is -2.10. The SMILES string of the molecule is NCc1ccccc1Nc1nc[nH]c(=O)c1Br. The number of anilines is 2. The Balaban J connectivity index is 2.38. The maximum atomic E-state index is 11.4. The maximum absolute atomic E-state index is 11.4. The monoisotopic (exact) mass is 294 g/mol. The molecule has 5 nitrogen and oxygen atoms in total. The summed E-state index contributed by atoms with van der Waals surface area (Å²) in [5, 5.41) is 3.07. The number of nitrogens with zero attached hydrogens (tertiary/aromatic N) is 1. The van der Waals surface area contributed by atoms with Gasteiger partial charge in [-0.25, -0.2) is 4.98 Å². The summed E-state index contributed by atoms with van der Waals surface area (Å²) in [6, 6.07) is 7.61. The molecular weight excluding hydrogens is 284 g/mol. The number of benzene rings is 1. The number of nitrogens with one attached hydrogen (secondary N) is 2. The smallest absolute Gasteiger partial charge is 0.267 e. The average molecular weight is 295 g/mol. The van der Waals surface area contributed by atoms with Gasteiger partial charge in [0.25, 0.3) is 5.56 Å². The number of H-pyrrole nitrogens is 1. The van der Waals surface area contributed by atoms with Crippen LogP contribution in [0.25, 0.3) is 0 Å². The van der Waals surface area contributed by atoms with E-state index in [9.17, 15) is 4.79 Å². The molecule has 0 aliphatic carbocycles. The zero-order valence-corrected chi connectivity index (χ0v) is 10.5. The molecule has 0 bridgehead atoms. The van der Waals surface area contributed by atoms with Crippen molar-refractivity contribution in [1.82, 2.24) is 9.97 Å². The second-order valence-corrected chi connectivity index (χ2v) is 4.17. The lowest BCUT2D eigenvalue weighted by molar-refractivity contribution is 1.06. The molecule has 2 rings (SSSR count). The molecule has 1 heterocycles. The van der Waals surface area contributed by atoms with E-state index in [0.717, 1.165) is 11.3 Å². The fourth-order valence-electron chi connectivity index (χ4n) is 1.42. The molecule has 0 aliphatic heterocycles. The third kappa shape index (κ3) is 2.54. The number of para-hydroxylation sites is 1. The highest BCUT2D eigenvalue weighted by Crippen LogP contribution is 2.22. The van der Waals surface area contributed by atoms with E-state index >= 15 is 0 Å². The Morgan fingerprint density at radius 3 is 2.94 bits per heavy atom. The van der Waals surface area contributed by atoms with E-state index < -0.39 is 0 Å². The Morgan fingerprint density at radius 2 is 2.18 bits per heavy atom. The molecule has 0 atom stereocenters. The minimum absolute atomic E-state index is 0.229. The molecular formula is C11H11BrN4O. The van der Waals surface area contributed by atoms with E-state index in [0.29, 0.717) is 16.8 Å². The van der Waals surface area contributed by atoms with Gasteiger partial charge in [0, 0.05) is 12.2 Å². The highest BCUT2D eigenvalue weighted by Gasteiger charge is 2.07. The Morgan fingerprint density at radius 1 is 1.41 bits per heavy atom. The molecule has 0 amide bonds. The van der Waals surface area contributed by atoms with Gasteiger partial charge in [-0.15, -0.1) is 0 Å². The van der Waals surface area contributed by atoms with Gasteiger partial charge in [-0.05, 0) is 27.6 Å². The van der Waals surface area contributed by atoms with Gasteiger partial charge in [-0.1, -0.05) is 18.2 Å². The molecule has 0 radical (unpaired) electrons. The van der Waals surface area contributed by atoms with Crippen LogP contribution < -0.4 is 16.6 Å². The predicted molar refractivity (Wildman–Crippen MR) is 70.2 cm³/mol. The van der Waals surface area contributed by atoms with Gasteiger partial charge in [0.15, 0.2) is 5.82 Å². The fraction of sp³-hybridized carbons (Fsp3) is 0.0909. The molecule has 17 heavy (non-hydrogen) atoms. The molecule has 0 unspecified atom stereocenters. The fourth-order valence-corrected chi connectivity index (χ4v) is 1.73. The lowest BCUT2D eigenvalue weighted by atomic mass is 10.2. The molecule has 88 valence electrons. The van der Waals surface area contributed by atoms with Gasteiger partial charge < -0.3 is 16.0 Å². The van der Waals surface area contributed by atoms with Crippen molar-refractivity contribution in [2.75, 3.05) is 5.32 Å². The summed E-state index contributed by atoms with van der Waals surface area (Å²) in [6.07, 6.45) is 1.35. The van der Waals surface area contributed by atoms with E-state index in [-0.39, 0.29) is 5.56 Å². The summed E-state index contributed by atoms with van der Waals surface area (Å²) < 4.78 is 0.367. The number of aromatic amines is 1. The van der Waals surface area contributed by atoms with E-state index in [1.807, 2.05) is 24.3 Å². The summed E-state index contributed by atoms with van der Waals surface area (Å²) >= 11 is 3.18. The summed E-state index contributed by atoms with van der Waals surface area (Å²) in [7, 11) is 0. The van der Waals surface area contributed by atoms with Crippen LogP contribution in [0.4, 0.5) is 11.5 Å². The standard InChI is InChI=1S/C11H11BrN4O/c12-9-10(14-6-15-11(9)17)16-8-4-2-1-3-7(8)5-13/h1-4,6H,5,13H2,(H2,14,15,16,17). The molecule has 0 fully saturated rings. The van der Waals surface area contributed by atoms with Gasteiger partial charge in [0.05, 0.1) is 6.33 Å². The topological polar surface area (TPSA) is 83.8 Å². The van der Waals surface area contributed by atoms with E-state index in [4.69, 9.17) is 5.73 Å². The number of rotatable bonds is 3. The first-order valence-corrected chi connectivity index (χ1v) is 5.80. The van der Waals surface area contributed by atoms with Crippen LogP contribution in [-0.2, 0) is 6.54 Å². The van der Waals surface area contributed by atoms with Crippen molar-refractivity contribution in [2.45, 2.75) is 6.54 Å². The second kappa shape index (κ2) is 5.11. The van der Waals surface area contributed by atoms with Gasteiger partial charge >= 0.3 is 0 Å². The van der Waals surface area contributed by atoms with Crippen molar-refractivity contribution in [3.05, 3.63) is 51.0 Å². The van der Waals surface area contributed by atoms with Crippen molar-refractivity contribution < 1.29 is 0 Å². The average Bonchev–Trinajstić information content (AvgIpc) is 2.35. The van der Waals surface area contributed by atoms with Crippen molar-refractivity contribution in [3.63, 3.8) is 0 Å². The highest BCUT2D eigenvalue weighted by atomic mass is 79.9. The quantitative estimate of drug-likeness (QED) is 0.805. The van der Waals surface area contributed by atoms with Crippen LogP contribution in [0.15, 0.2) is 39.9 Å². The van der Waals surface area contributed by atoms with E-state index in [1.165, 1.54) is 6.33 Å². The van der Waals surface area contributed by atoms with Gasteiger partial charge in [0.1, 0.15) is 4.47 Å². The van der Waals surface area contributed by atoms with Crippen LogP contribution in [0.5, 0.6) is 0 Å². The molecule has 0 saturated heterocycles. The molecule has 0 spiro atoms. The molecule has 1 aromatic carbocycles. The Bertz CT molecular complexity index is 582. The second-order valence-electron chi connectivity index (χ2n) is 3.38. The third-order valence-electron chi connectivity index (χ3n) is 2.29. The minimum Gasteiger partial charge on any atom is -0.339 e. The Labute approximate surface area is 106 Å². The van der Waals surface area contributed by atoms with Crippen LogP contribution in [0, 0.1) is 0 Å². The molecule has 6 heteroatoms. The Hall–Kier alpha value is -1.66. The van der Waals surface area contributed by atoms with Crippen LogP contribution in [0.2, 0.25) is 0 Å². The first-order valence-electron chi connectivity index (χ1n) is 5.00. The van der Waals surface area contributed by atoms with Gasteiger partial charge in [0.2, 0.25) is 0 Å². The summed E-state index contributed by atoms with van der Waals surface area (Å²) in [4.78, 5) is 17.9. The van der Waals surface area contributed by atoms with Crippen LogP contribution in [0.3, 0.4) is 0 Å². The lowest BCUT2D eigenvalue weighted by Crippen LogP contribution is -2.11. The maximum Gasteiger partial charge on any atom is 0.267 e. The van der Waals surface area contributed by atoms with Crippen molar-refractivity contribution in [2.24, 2.45) is 5.73 Å². The molecule has 0 saturated carbocycles. The summed E-state index contributed by atoms with van der Waals surface area (Å²) in [5.74, 6) is 0.467. The molecule has 2 aromatic rings. The number of aromatic nitrogens is 2. The van der Waals surface area contributed by atoms with Gasteiger partial charge in [-0.2, -0.15) is 0 Å². The zero-order chi connectivity index (χ0) is 12.3. The number of hydrogen-bond acceptors (Lipinski definition) is 4. The van der Waals surface area contributed by atoms with Gasteiger partial charge in [-0.3, -0.25) is 4.79 Å². The number of halogens is 1. The third-order valence-corrected chi connectivity index (χ3v) is 3.02. The number of nitrogens with two attached hydrogens (primary N) is 1. The predicted octanol–water partition coefficient (Wildman–Crippen LogP) is 1.73. The van der Waals surface area contributed by atoms with Crippen LogP contribution in [0.1, 0.15) is 5.56 Å².